The highest BCUT2D eigenvalue weighted by Crippen LogP contribution is 2.44. The van der Waals surface area contributed by atoms with Crippen molar-refractivity contribution in [2.45, 2.75) is 100 Å². The summed E-state index contributed by atoms with van der Waals surface area (Å²) in [6.45, 7) is 3.92. The van der Waals surface area contributed by atoms with Gasteiger partial charge in [0.2, 0.25) is 47.3 Å². The number of anilines is 2. The van der Waals surface area contributed by atoms with Crippen LogP contribution in [0.25, 0.3) is 32.9 Å². The van der Waals surface area contributed by atoms with Gasteiger partial charge in [0.15, 0.2) is 5.60 Å². The molecule has 9 amide bonds. The van der Waals surface area contributed by atoms with E-state index in [4.69, 9.17) is 35.6 Å². The fraction of sp³-hybridized carbons (Fsp3) is 0.411. The first-order valence-electron chi connectivity index (χ1n) is 34.0. The fourth-order valence-electron chi connectivity index (χ4n) is 13.0. The Bertz CT molecular complexity index is 4330. The van der Waals surface area contributed by atoms with Crippen molar-refractivity contribution in [1.29, 1.82) is 0 Å². The molecule has 3 aromatic heterocycles. The molecule has 0 bridgehead atoms. The molecule has 4 aromatic carbocycles. The first kappa shape index (κ1) is 71.7. The number of piperidine rings is 2. The highest BCUT2D eigenvalue weighted by atomic mass is 16.6. The van der Waals surface area contributed by atoms with Crippen LogP contribution in [0, 0.1) is 11.8 Å². The van der Waals surface area contributed by atoms with Crippen molar-refractivity contribution in [3.05, 3.63) is 148 Å². The van der Waals surface area contributed by atoms with Crippen LogP contribution in [0.1, 0.15) is 87.1 Å². The molecule has 1 aliphatic carbocycles. The lowest BCUT2D eigenvalue weighted by molar-refractivity contribution is -0.132. The van der Waals surface area contributed by atoms with Gasteiger partial charge >= 0.3 is 6.03 Å². The molecule has 3 saturated heterocycles. The van der Waals surface area contributed by atoms with Crippen molar-refractivity contribution in [2.75, 3.05) is 95.8 Å². The summed E-state index contributed by atoms with van der Waals surface area (Å²) < 4.78 is 20.9. The second kappa shape index (κ2) is 32.6. The molecule has 0 spiro atoms. The van der Waals surface area contributed by atoms with E-state index < -0.39 is 72.9 Å². The third-order valence-corrected chi connectivity index (χ3v) is 18.9. The maximum Gasteiger partial charge on any atom is 0.332 e. The van der Waals surface area contributed by atoms with Gasteiger partial charge in [-0.1, -0.05) is 78.6 Å². The highest BCUT2D eigenvalue weighted by molar-refractivity contribution is 6.07. The molecular weight excluding hydrogens is 1290 g/mol. The minimum absolute atomic E-state index is 0.0244. The van der Waals surface area contributed by atoms with E-state index in [1.165, 1.54) is 12.0 Å². The normalized spacial score (nSPS) is 16.6. The van der Waals surface area contributed by atoms with Gasteiger partial charge in [0.25, 0.3) is 5.56 Å². The number of urea groups is 1. The summed E-state index contributed by atoms with van der Waals surface area (Å²) in [6, 6.07) is 30.5. The van der Waals surface area contributed by atoms with Crippen molar-refractivity contribution in [2.24, 2.45) is 18.5 Å². The van der Waals surface area contributed by atoms with E-state index in [1.807, 2.05) is 54.7 Å². The predicted octanol–water partition coefficient (Wildman–Crippen LogP) is 2.88. The number of hydrogen-bond acceptors (Lipinski definition) is 18. The quantitative estimate of drug-likeness (QED) is 0.0185. The minimum Gasteiger partial charge on any atom is -0.495 e. The Hall–Kier alpha value is -10.6. The van der Waals surface area contributed by atoms with Crippen molar-refractivity contribution in [3.63, 3.8) is 0 Å². The highest BCUT2D eigenvalue weighted by Gasteiger charge is 2.45. The number of aromatic amines is 1. The second-order valence-corrected chi connectivity index (χ2v) is 26.0. The number of aryl methyl sites for hydroxylation is 1. The number of nitrogens with zero attached hydrogens (tertiary/aromatic N) is 7. The van der Waals surface area contributed by atoms with E-state index >= 15 is 0 Å². The predicted molar refractivity (Wildman–Crippen MR) is 377 cm³/mol. The molecule has 6 heterocycles. The lowest BCUT2D eigenvalue weighted by Crippen LogP contribution is -2.56. The number of nitrogens with two attached hydrogens (primary N) is 2. The maximum absolute atomic E-state index is 14.0. The summed E-state index contributed by atoms with van der Waals surface area (Å²) in [6.07, 6.45) is 8.64. The summed E-state index contributed by atoms with van der Waals surface area (Å²) in [7, 11) is 3.21. The SMILES string of the molecule is COc1ccc(C#CCNC2(C)CCN(C3CCN(c4nc([C@@](COCNC(=O)CCC(N)=O)(OC5CC5)c5ccccc5)c5cc(-c6cn(C)c(=O)c7[nH]ccc67)ccc5n4)CC3)CC2)cc1N1CCC(=O)N(CNC(=O)CNC(=O)[C@H](Cc2ccccc2)NC(=O)CNC(=O)CN)C1=O. The van der Waals surface area contributed by atoms with Gasteiger partial charge in [0, 0.05) is 111 Å². The number of ether oxygens (including phenoxy) is 3. The lowest BCUT2D eigenvalue weighted by Gasteiger charge is -2.45. The van der Waals surface area contributed by atoms with Crippen LogP contribution in [0.15, 0.2) is 120 Å². The number of nitrogens with one attached hydrogen (secondary N) is 7. The Morgan fingerprint density at radius 1 is 0.792 bits per heavy atom. The van der Waals surface area contributed by atoms with Crippen molar-refractivity contribution in [1.82, 2.24) is 61.2 Å². The first-order valence-corrected chi connectivity index (χ1v) is 34.0. The van der Waals surface area contributed by atoms with E-state index in [1.54, 1.807) is 66.3 Å². The number of pyridine rings is 1. The van der Waals surface area contributed by atoms with Crippen molar-refractivity contribution >= 4 is 80.8 Å². The second-order valence-electron chi connectivity index (χ2n) is 26.0. The van der Waals surface area contributed by atoms with Crippen LogP contribution in [0.2, 0.25) is 0 Å². The molecule has 0 unspecified atom stereocenters. The average Bonchev–Trinajstić information content (AvgIpc) is 1.54. The van der Waals surface area contributed by atoms with Crippen LogP contribution < -0.4 is 63.5 Å². The zero-order valence-electron chi connectivity index (χ0n) is 56.9. The van der Waals surface area contributed by atoms with Crippen LogP contribution in [0.4, 0.5) is 16.4 Å². The summed E-state index contributed by atoms with van der Waals surface area (Å²) in [5.74, 6) is 3.41. The number of benzene rings is 4. The molecule has 7 aromatic rings. The summed E-state index contributed by atoms with van der Waals surface area (Å²) in [5, 5.41) is 18.0. The molecule has 4 aliphatic rings. The standard InChI is InChI=1S/C73H86N16O12/c1-72(81-30-10-13-48-16-21-59(99-3)58(38-48)88-34-27-65(95)89(71(88)98)45-79-63(93)41-78-68(96)57(37-47-11-6-4-7-12-47)82-64(94)42-77-62(92)40-74)28-35-86(36-29-72)51-25-32-87(33-26-51)70-83-56-20-17-49(55-43-85(2)69(97)66-53(55)24-31-76-66)39-54(56)67(84-70)73(101-52-18-19-52,50-14-8-5-9-15-50)44-100-46-80-61(91)23-22-60(75)90/h4-9,11-12,14-17,20-21,24,31,38-39,43,51-52,57,76,81H,18-19,22-23,25-30,32-37,40-42,44-46,74H2,1-3H3,(H2,75,90)(H,77,92)(H,78,96)(H,79,93)(H,80,91)(H,82,94)/t57-,73-/m0/s1. The van der Waals surface area contributed by atoms with Gasteiger partial charge < -0.3 is 76.9 Å². The number of aromatic nitrogens is 4. The Morgan fingerprint density at radius 2 is 1.53 bits per heavy atom. The molecule has 11 rings (SSSR count). The molecule has 2 atom stereocenters. The van der Waals surface area contributed by atoms with E-state index in [-0.39, 0.29) is 75.2 Å². The van der Waals surface area contributed by atoms with Gasteiger partial charge in [0.05, 0.1) is 62.9 Å². The third kappa shape index (κ3) is 17.7. The van der Waals surface area contributed by atoms with Crippen LogP contribution in [-0.4, -0.2) is 186 Å². The zero-order valence-corrected chi connectivity index (χ0v) is 56.9. The Kier molecular flexibility index (Phi) is 23.2. The number of carbonyl (C=O) groups is 8. The van der Waals surface area contributed by atoms with Gasteiger partial charge in [-0.15, -0.1) is 0 Å². The van der Waals surface area contributed by atoms with Crippen LogP contribution in [-0.2, 0) is 62.1 Å². The van der Waals surface area contributed by atoms with Crippen LogP contribution in [0.5, 0.6) is 5.75 Å². The Balaban J connectivity index is 0.715. The maximum atomic E-state index is 14.0. The first-order chi connectivity index (χ1) is 48.8. The molecule has 4 fully saturated rings. The number of fused-ring (bicyclic) bond motifs is 2. The molecule has 28 nitrogen and oxygen atoms in total. The van der Waals surface area contributed by atoms with Gasteiger partial charge in [-0.3, -0.25) is 43.3 Å². The van der Waals surface area contributed by atoms with Gasteiger partial charge in [0.1, 0.15) is 30.7 Å². The van der Waals surface area contributed by atoms with Gasteiger partial charge in [-0.05, 0) is 98.5 Å². The molecule has 11 N–H and O–H groups in total. The van der Waals surface area contributed by atoms with Crippen molar-refractivity contribution < 1.29 is 52.6 Å². The Morgan fingerprint density at radius 3 is 2.26 bits per heavy atom. The average molecular weight is 1380 g/mol. The zero-order chi connectivity index (χ0) is 71.2. The number of carbonyl (C=O) groups excluding carboxylic acids is 8. The number of hydrogen-bond donors (Lipinski definition) is 9. The number of H-pyrrole nitrogens is 1. The number of primary amides is 1. The molecule has 530 valence electrons. The smallest absolute Gasteiger partial charge is 0.332 e. The van der Waals surface area contributed by atoms with Gasteiger partial charge in [-0.25, -0.2) is 19.7 Å². The van der Waals surface area contributed by atoms with Gasteiger partial charge in [-0.2, -0.15) is 0 Å². The molecule has 0 radical (unpaired) electrons. The molecule has 28 heteroatoms. The number of likely N-dealkylation sites (tertiary alicyclic amines) is 1. The van der Waals surface area contributed by atoms with Crippen molar-refractivity contribution in [3.8, 4) is 28.7 Å². The van der Waals surface area contributed by atoms with E-state index in [0.29, 0.717) is 65.4 Å². The Labute approximate surface area is 583 Å². The number of amides is 9. The van der Waals surface area contributed by atoms with Crippen LogP contribution >= 0.6 is 0 Å². The molecule has 101 heavy (non-hydrogen) atoms. The van der Waals surface area contributed by atoms with Crippen LogP contribution in [0.3, 0.4) is 0 Å². The molecular formula is C73H86N16O12. The third-order valence-electron chi connectivity index (χ3n) is 18.9. The summed E-state index contributed by atoms with van der Waals surface area (Å²) >= 11 is 0. The summed E-state index contributed by atoms with van der Waals surface area (Å²) in [5.41, 5.74) is 15.1. The summed E-state index contributed by atoms with van der Waals surface area (Å²) in [4.78, 5) is 137. The number of methoxy groups -OCH3 is 1. The lowest BCUT2D eigenvalue weighted by atomic mass is 9.87. The number of rotatable bonds is 29. The fourth-order valence-corrected chi connectivity index (χ4v) is 13.0. The van der Waals surface area contributed by atoms with E-state index in [0.717, 1.165) is 89.5 Å². The number of imide groups is 1. The van der Waals surface area contributed by atoms with E-state index in [2.05, 4.69) is 71.5 Å². The van der Waals surface area contributed by atoms with E-state index in [9.17, 15) is 43.2 Å². The molecule has 1 saturated carbocycles. The largest absolute Gasteiger partial charge is 0.495 e. The topological polar surface area (TPSA) is 365 Å². The molecule has 3 aliphatic heterocycles. The minimum atomic E-state index is -1.28. The monoisotopic (exact) mass is 1380 g/mol.